The molecule has 2 aromatic rings. The number of hydrogen-bond acceptors (Lipinski definition) is 3. The number of aliphatic hydroxyl groups excluding tert-OH is 1. The van der Waals surface area contributed by atoms with Crippen molar-refractivity contribution in [1.29, 1.82) is 0 Å². The molecule has 1 aromatic carbocycles. The fraction of sp³-hybridized carbons (Fsp3) is 0.438. The Morgan fingerprint density at radius 1 is 1.35 bits per heavy atom. The molecule has 0 spiro atoms. The van der Waals surface area contributed by atoms with E-state index in [0.29, 0.717) is 12.5 Å². The van der Waals surface area contributed by atoms with Gasteiger partial charge in [0.15, 0.2) is 0 Å². The standard InChI is InChI=1S/C16H19NO2S/c18-13-6-3-4-11(8-13)10-17-16(19)15-9-12-5-1-2-7-14(12)20-15/h1-2,5,7,9,11,13,18H,3-4,6,8,10H2,(H,17,19). The summed E-state index contributed by atoms with van der Waals surface area (Å²) in [6.45, 7) is 0.671. The van der Waals surface area contributed by atoms with E-state index in [1.807, 2.05) is 30.3 Å². The maximum absolute atomic E-state index is 12.2. The summed E-state index contributed by atoms with van der Waals surface area (Å²) in [6.07, 6.45) is 3.69. The Bertz CT molecular complexity index is 574. The normalized spacial score (nSPS) is 22.9. The quantitative estimate of drug-likeness (QED) is 0.911. The third-order valence-corrected chi connectivity index (χ3v) is 5.07. The topological polar surface area (TPSA) is 49.3 Å². The summed E-state index contributed by atoms with van der Waals surface area (Å²) in [4.78, 5) is 12.9. The molecule has 2 N–H and O–H groups in total. The smallest absolute Gasteiger partial charge is 0.261 e. The molecule has 0 aliphatic heterocycles. The third-order valence-electron chi connectivity index (χ3n) is 3.96. The van der Waals surface area contributed by atoms with Crippen LogP contribution in [0.2, 0.25) is 0 Å². The van der Waals surface area contributed by atoms with E-state index in [4.69, 9.17) is 0 Å². The van der Waals surface area contributed by atoms with Crippen LogP contribution in [0.15, 0.2) is 30.3 Å². The van der Waals surface area contributed by atoms with Crippen LogP contribution in [-0.2, 0) is 0 Å². The number of carbonyl (C=O) groups excluding carboxylic acids is 1. The molecule has 4 heteroatoms. The second-order valence-corrected chi connectivity index (χ2v) is 6.63. The van der Waals surface area contributed by atoms with E-state index < -0.39 is 0 Å². The molecule has 1 fully saturated rings. The van der Waals surface area contributed by atoms with Crippen LogP contribution in [0.3, 0.4) is 0 Å². The maximum atomic E-state index is 12.2. The molecule has 1 heterocycles. The highest BCUT2D eigenvalue weighted by molar-refractivity contribution is 7.20. The van der Waals surface area contributed by atoms with Crippen LogP contribution in [-0.4, -0.2) is 23.7 Å². The van der Waals surface area contributed by atoms with Gasteiger partial charge in [0.1, 0.15) is 0 Å². The van der Waals surface area contributed by atoms with Crippen molar-refractivity contribution in [2.45, 2.75) is 31.8 Å². The average Bonchev–Trinajstić information content (AvgIpc) is 2.89. The van der Waals surface area contributed by atoms with Gasteiger partial charge in [0.25, 0.3) is 5.91 Å². The van der Waals surface area contributed by atoms with Gasteiger partial charge >= 0.3 is 0 Å². The van der Waals surface area contributed by atoms with E-state index in [1.165, 1.54) is 11.3 Å². The largest absolute Gasteiger partial charge is 0.393 e. The molecule has 1 aliphatic rings. The molecule has 0 radical (unpaired) electrons. The molecule has 3 rings (SSSR count). The minimum atomic E-state index is -0.185. The fourth-order valence-corrected chi connectivity index (χ4v) is 3.85. The van der Waals surface area contributed by atoms with Gasteiger partial charge in [-0.05, 0) is 42.7 Å². The highest BCUT2D eigenvalue weighted by Crippen LogP contribution is 2.26. The number of carbonyl (C=O) groups is 1. The Labute approximate surface area is 122 Å². The van der Waals surface area contributed by atoms with E-state index in [0.717, 1.165) is 40.6 Å². The molecule has 2 unspecified atom stereocenters. The van der Waals surface area contributed by atoms with Crippen LogP contribution in [0, 0.1) is 5.92 Å². The minimum absolute atomic E-state index is 0.00580. The number of benzene rings is 1. The molecular formula is C16H19NO2S. The Balaban J connectivity index is 1.61. The highest BCUT2D eigenvalue weighted by Gasteiger charge is 2.21. The van der Waals surface area contributed by atoms with E-state index in [1.54, 1.807) is 0 Å². The average molecular weight is 289 g/mol. The number of thiophene rings is 1. The molecule has 1 amide bonds. The van der Waals surface area contributed by atoms with Gasteiger partial charge in [-0.15, -0.1) is 11.3 Å². The van der Waals surface area contributed by atoms with Gasteiger partial charge in [0.2, 0.25) is 0 Å². The zero-order chi connectivity index (χ0) is 13.9. The van der Waals surface area contributed by atoms with E-state index in [9.17, 15) is 9.90 Å². The number of aliphatic hydroxyl groups is 1. The van der Waals surface area contributed by atoms with Crippen molar-refractivity contribution in [2.24, 2.45) is 5.92 Å². The zero-order valence-electron chi connectivity index (χ0n) is 11.3. The lowest BCUT2D eigenvalue weighted by Gasteiger charge is -2.25. The van der Waals surface area contributed by atoms with Crippen molar-refractivity contribution in [3.63, 3.8) is 0 Å². The Morgan fingerprint density at radius 3 is 3.00 bits per heavy atom. The summed E-state index contributed by atoms with van der Waals surface area (Å²) >= 11 is 1.53. The van der Waals surface area contributed by atoms with Gasteiger partial charge in [-0.2, -0.15) is 0 Å². The first-order valence-corrected chi connectivity index (χ1v) is 7.99. The van der Waals surface area contributed by atoms with Crippen molar-refractivity contribution < 1.29 is 9.90 Å². The zero-order valence-corrected chi connectivity index (χ0v) is 12.2. The van der Waals surface area contributed by atoms with E-state index in [-0.39, 0.29) is 12.0 Å². The number of rotatable bonds is 3. The molecule has 0 saturated heterocycles. The van der Waals surface area contributed by atoms with Crippen molar-refractivity contribution in [3.05, 3.63) is 35.2 Å². The van der Waals surface area contributed by atoms with Crippen molar-refractivity contribution in [1.82, 2.24) is 5.32 Å². The summed E-state index contributed by atoms with van der Waals surface area (Å²) in [5.41, 5.74) is 0. The molecule has 20 heavy (non-hydrogen) atoms. The SMILES string of the molecule is O=C(NCC1CCCC(O)C1)c1cc2ccccc2s1. The Kier molecular flexibility index (Phi) is 4.03. The van der Waals surface area contributed by atoms with Crippen LogP contribution in [0.5, 0.6) is 0 Å². The van der Waals surface area contributed by atoms with Crippen molar-refractivity contribution >= 4 is 27.3 Å². The van der Waals surface area contributed by atoms with Crippen LogP contribution in [0.25, 0.3) is 10.1 Å². The minimum Gasteiger partial charge on any atom is -0.393 e. The van der Waals surface area contributed by atoms with Gasteiger partial charge in [-0.1, -0.05) is 24.6 Å². The summed E-state index contributed by atoms with van der Waals surface area (Å²) in [7, 11) is 0. The maximum Gasteiger partial charge on any atom is 0.261 e. The van der Waals surface area contributed by atoms with Gasteiger partial charge in [0.05, 0.1) is 11.0 Å². The van der Waals surface area contributed by atoms with Gasteiger partial charge in [0, 0.05) is 11.2 Å². The van der Waals surface area contributed by atoms with Crippen LogP contribution in [0.1, 0.15) is 35.4 Å². The first-order valence-electron chi connectivity index (χ1n) is 7.17. The summed E-state index contributed by atoms with van der Waals surface area (Å²) < 4.78 is 1.14. The number of amides is 1. The second kappa shape index (κ2) is 5.94. The predicted molar refractivity (Wildman–Crippen MR) is 82.1 cm³/mol. The molecule has 1 aliphatic carbocycles. The number of nitrogens with one attached hydrogen (secondary N) is 1. The van der Waals surface area contributed by atoms with Gasteiger partial charge in [-0.25, -0.2) is 0 Å². The Hall–Kier alpha value is -1.39. The summed E-state index contributed by atoms with van der Waals surface area (Å²) in [5, 5.41) is 13.8. The van der Waals surface area contributed by atoms with Gasteiger partial charge < -0.3 is 10.4 Å². The lowest BCUT2D eigenvalue weighted by Crippen LogP contribution is -2.32. The monoisotopic (exact) mass is 289 g/mol. The highest BCUT2D eigenvalue weighted by atomic mass is 32.1. The second-order valence-electron chi connectivity index (χ2n) is 5.54. The molecule has 1 saturated carbocycles. The first kappa shape index (κ1) is 13.6. The van der Waals surface area contributed by atoms with Gasteiger partial charge in [-0.3, -0.25) is 4.79 Å². The number of fused-ring (bicyclic) bond motifs is 1. The summed E-state index contributed by atoms with van der Waals surface area (Å²) in [5.74, 6) is 0.420. The lowest BCUT2D eigenvalue weighted by molar-refractivity contribution is 0.0876. The first-order chi connectivity index (χ1) is 9.72. The van der Waals surface area contributed by atoms with Crippen LogP contribution >= 0.6 is 11.3 Å². The predicted octanol–water partition coefficient (Wildman–Crippen LogP) is 3.18. The summed E-state index contributed by atoms with van der Waals surface area (Å²) in [6, 6.07) is 9.99. The molecule has 3 nitrogen and oxygen atoms in total. The third kappa shape index (κ3) is 3.02. The lowest BCUT2D eigenvalue weighted by atomic mass is 9.87. The number of hydrogen-bond donors (Lipinski definition) is 2. The molecule has 106 valence electrons. The van der Waals surface area contributed by atoms with Crippen LogP contribution in [0.4, 0.5) is 0 Å². The molecule has 0 bridgehead atoms. The molecular weight excluding hydrogens is 270 g/mol. The molecule has 1 aromatic heterocycles. The Morgan fingerprint density at radius 2 is 2.20 bits per heavy atom. The van der Waals surface area contributed by atoms with Crippen molar-refractivity contribution in [3.8, 4) is 0 Å². The molecule has 2 atom stereocenters. The van der Waals surface area contributed by atoms with Crippen LogP contribution < -0.4 is 5.32 Å². The van der Waals surface area contributed by atoms with E-state index in [2.05, 4.69) is 5.32 Å². The fourth-order valence-electron chi connectivity index (χ4n) is 2.87. The van der Waals surface area contributed by atoms with E-state index >= 15 is 0 Å². The van der Waals surface area contributed by atoms with Crippen molar-refractivity contribution in [2.75, 3.05) is 6.54 Å².